The van der Waals surface area contributed by atoms with Gasteiger partial charge in [0.15, 0.2) is 0 Å². The maximum Gasteiger partial charge on any atom is 0.223 e. The number of nitrogens with zero attached hydrogens (tertiary/aromatic N) is 2. The van der Waals surface area contributed by atoms with Gasteiger partial charge < -0.3 is 10.6 Å². The van der Waals surface area contributed by atoms with Crippen LogP contribution in [0.3, 0.4) is 0 Å². The molecule has 1 aromatic rings. The molecule has 4 nitrogen and oxygen atoms in total. The first-order chi connectivity index (χ1) is 8.16. The van der Waals surface area contributed by atoms with E-state index in [4.69, 9.17) is 5.73 Å². The van der Waals surface area contributed by atoms with Crippen LogP contribution in [0, 0.1) is 5.92 Å². The van der Waals surface area contributed by atoms with Gasteiger partial charge in [0.05, 0.1) is 17.7 Å². The first kappa shape index (κ1) is 12.5. The highest BCUT2D eigenvalue weighted by atomic mass is 32.1. The van der Waals surface area contributed by atoms with Gasteiger partial charge in [-0.3, -0.25) is 4.79 Å². The Morgan fingerprint density at radius 3 is 3.06 bits per heavy atom. The van der Waals surface area contributed by atoms with Crippen LogP contribution in [0.5, 0.6) is 0 Å². The van der Waals surface area contributed by atoms with Crippen molar-refractivity contribution in [2.24, 2.45) is 11.7 Å². The minimum atomic E-state index is 0.181. The quantitative estimate of drug-likeness (QED) is 0.887. The Labute approximate surface area is 106 Å². The number of hydrogen-bond donors (Lipinski definition) is 1. The summed E-state index contributed by atoms with van der Waals surface area (Å²) in [5.41, 5.74) is 8.73. The van der Waals surface area contributed by atoms with E-state index in [2.05, 4.69) is 4.98 Å². The Balaban J connectivity index is 1.83. The van der Waals surface area contributed by atoms with Crippen LogP contribution in [-0.4, -0.2) is 28.9 Å². The number of thiazole rings is 1. The molecule has 2 atom stereocenters. The molecule has 0 unspecified atom stereocenters. The third-order valence-electron chi connectivity index (χ3n) is 3.46. The van der Waals surface area contributed by atoms with Crippen LogP contribution < -0.4 is 5.73 Å². The summed E-state index contributed by atoms with van der Waals surface area (Å²) < 4.78 is 0. The molecule has 2 rings (SSSR count). The minimum Gasteiger partial charge on any atom is -0.340 e. The summed E-state index contributed by atoms with van der Waals surface area (Å²) in [4.78, 5) is 18.0. The lowest BCUT2D eigenvalue weighted by molar-refractivity contribution is -0.131. The maximum absolute atomic E-state index is 12.0. The predicted octanol–water partition coefficient (Wildman–Crippen LogP) is 1.62. The molecule has 1 saturated carbocycles. The molecule has 0 aromatic carbocycles. The second-order valence-corrected chi connectivity index (χ2v) is 5.51. The topological polar surface area (TPSA) is 59.2 Å². The van der Waals surface area contributed by atoms with Crippen LogP contribution in [0.25, 0.3) is 0 Å². The van der Waals surface area contributed by atoms with Crippen LogP contribution in [0.4, 0.5) is 0 Å². The molecule has 1 heterocycles. The molecule has 1 aliphatic carbocycles. The number of nitrogens with two attached hydrogens (primary N) is 1. The molecule has 1 aliphatic rings. The number of amides is 1. The van der Waals surface area contributed by atoms with Gasteiger partial charge in [-0.15, -0.1) is 11.3 Å². The molecule has 1 fully saturated rings. The van der Waals surface area contributed by atoms with Gasteiger partial charge in [0.2, 0.25) is 5.91 Å². The van der Waals surface area contributed by atoms with E-state index in [-0.39, 0.29) is 11.9 Å². The standard InChI is InChI=1S/C12H19N3OS/c1-15(6-10-7-17-8-14-10)12(16)5-9-3-2-4-11(9)13/h7-9,11H,2-6,13H2,1H3/t9-,11+/m0/s1. The average Bonchev–Trinajstić information content (AvgIpc) is 2.91. The van der Waals surface area contributed by atoms with Gasteiger partial charge in [0, 0.05) is 24.9 Å². The third-order valence-corrected chi connectivity index (χ3v) is 4.10. The van der Waals surface area contributed by atoms with Crippen molar-refractivity contribution in [3.8, 4) is 0 Å². The fourth-order valence-corrected chi connectivity index (χ4v) is 2.90. The molecule has 0 saturated heterocycles. The highest BCUT2D eigenvalue weighted by molar-refractivity contribution is 7.07. The van der Waals surface area contributed by atoms with E-state index in [9.17, 15) is 4.79 Å². The predicted molar refractivity (Wildman–Crippen MR) is 68.5 cm³/mol. The third kappa shape index (κ3) is 3.26. The number of rotatable bonds is 4. The van der Waals surface area contributed by atoms with Gasteiger partial charge in [0.1, 0.15) is 0 Å². The van der Waals surface area contributed by atoms with Crippen LogP contribution >= 0.6 is 11.3 Å². The summed E-state index contributed by atoms with van der Waals surface area (Å²) in [5, 5.41) is 1.98. The summed E-state index contributed by atoms with van der Waals surface area (Å²) in [6.45, 7) is 0.601. The van der Waals surface area contributed by atoms with Crippen LogP contribution in [0.15, 0.2) is 10.9 Å². The largest absolute Gasteiger partial charge is 0.340 e. The van der Waals surface area contributed by atoms with E-state index in [0.29, 0.717) is 18.9 Å². The lowest BCUT2D eigenvalue weighted by Crippen LogP contribution is -2.32. The lowest BCUT2D eigenvalue weighted by atomic mass is 9.99. The zero-order valence-corrected chi connectivity index (χ0v) is 10.9. The number of carbonyl (C=O) groups is 1. The van der Waals surface area contributed by atoms with Crippen molar-refractivity contribution in [3.63, 3.8) is 0 Å². The van der Waals surface area contributed by atoms with Crippen molar-refractivity contribution < 1.29 is 4.79 Å². The molecule has 0 aliphatic heterocycles. The summed E-state index contributed by atoms with van der Waals surface area (Å²) in [7, 11) is 1.84. The van der Waals surface area contributed by atoms with Gasteiger partial charge >= 0.3 is 0 Å². The minimum absolute atomic E-state index is 0.181. The summed E-state index contributed by atoms with van der Waals surface area (Å²) >= 11 is 1.56. The zero-order chi connectivity index (χ0) is 12.3. The van der Waals surface area contributed by atoms with Crippen molar-refractivity contribution >= 4 is 17.2 Å². The zero-order valence-electron chi connectivity index (χ0n) is 10.1. The van der Waals surface area contributed by atoms with Gasteiger partial charge in [-0.25, -0.2) is 4.98 Å². The molecule has 1 aromatic heterocycles. The average molecular weight is 253 g/mol. The van der Waals surface area contributed by atoms with E-state index < -0.39 is 0 Å². The second kappa shape index (κ2) is 5.60. The summed E-state index contributed by atoms with van der Waals surface area (Å²) in [5.74, 6) is 0.556. The van der Waals surface area contributed by atoms with Gasteiger partial charge in [-0.1, -0.05) is 6.42 Å². The maximum atomic E-state index is 12.0. The molecule has 94 valence electrons. The van der Waals surface area contributed by atoms with Crippen molar-refractivity contribution in [3.05, 3.63) is 16.6 Å². The highest BCUT2D eigenvalue weighted by Crippen LogP contribution is 2.27. The fraction of sp³-hybridized carbons (Fsp3) is 0.667. The van der Waals surface area contributed by atoms with Gasteiger partial charge in [-0.05, 0) is 18.8 Å². The van der Waals surface area contributed by atoms with E-state index in [0.717, 1.165) is 25.0 Å². The van der Waals surface area contributed by atoms with E-state index in [1.165, 1.54) is 0 Å². The van der Waals surface area contributed by atoms with E-state index in [1.807, 2.05) is 12.4 Å². The van der Waals surface area contributed by atoms with Crippen LogP contribution in [0.2, 0.25) is 0 Å². The van der Waals surface area contributed by atoms with Crippen LogP contribution in [0.1, 0.15) is 31.4 Å². The lowest BCUT2D eigenvalue weighted by Gasteiger charge is -2.20. The van der Waals surface area contributed by atoms with Crippen molar-refractivity contribution in [2.45, 2.75) is 38.3 Å². The molecule has 0 spiro atoms. The molecular weight excluding hydrogens is 234 g/mol. The Kier molecular flexibility index (Phi) is 4.12. The van der Waals surface area contributed by atoms with Crippen LogP contribution in [-0.2, 0) is 11.3 Å². The monoisotopic (exact) mass is 253 g/mol. The number of hydrogen-bond acceptors (Lipinski definition) is 4. The van der Waals surface area contributed by atoms with Gasteiger partial charge in [-0.2, -0.15) is 0 Å². The Hall–Kier alpha value is -0.940. The Morgan fingerprint density at radius 1 is 1.65 bits per heavy atom. The van der Waals surface area contributed by atoms with E-state index >= 15 is 0 Å². The molecule has 5 heteroatoms. The molecule has 1 amide bonds. The number of aromatic nitrogens is 1. The first-order valence-corrected chi connectivity index (χ1v) is 6.97. The van der Waals surface area contributed by atoms with Crippen molar-refractivity contribution in [1.29, 1.82) is 0 Å². The normalized spacial score (nSPS) is 23.9. The molecule has 0 radical (unpaired) electrons. The SMILES string of the molecule is CN(Cc1cscn1)C(=O)C[C@@H]1CCC[C@H]1N. The van der Waals surface area contributed by atoms with Crippen molar-refractivity contribution in [2.75, 3.05) is 7.05 Å². The second-order valence-electron chi connectivity index (χ2n) is 4.79. The van der Waals surface area contributed by atoms with E-state index in [1.54, 1.807) is 21.7 Å². The van der Waals surface area contributed by atoms with Crippen molar-refractivity contribution in [1.82, 2.24) is 9.88 Å². The molecular formula is C12H19N3OS. The van der Waals surface area contributed by atoms with Gasteiger partial charge in [0.25, 0.3) is 0 Å². The molecule has 0 bridgehead atoms. The smallest absolute Gasteiger partial charge is 0.223 e. The highest BCUT2D eigenvalue weighted by Gasteiger charge is 2.27. The first-order valence-electron chi connectivity index (χ1n) is 6.03. The molecule has 17 heavy (non-hydrogen) atoms. The Bertz CT molecular complexity index is 366. The summed E-state index contributed by atoms with van der Waals surface area (Å²) in [6.07, 6.45) is 3.90. The Morgan fingerprint density at radius 2 is 2.47 bits per heavy atom. The summed E-state index contributed by atoms with van der Waals surface area (Å²) in [6, 6.07) is 0.214. The molecule has 2 N–H and O–H groups in total. The number of carbonyl (C=O) groups excluding carboxylic acids is 1. The fourth-order valence-electron chi connectivity index (χ4n) is 2.35.